The molecule has 0 fully saturated rings. The Morgan fingerprint density at radius 2 is 1.56 bits per heavy atom. The number of H-pyrrole nitrogens is 1. The number of benzene rings is 3. The van der Waals surface area contributed by atoms with Crippen molar-refractivity contribution in [2.45, 2.75) is 25.7 Å². The van der Waals surface area contributed by atoms with Crippen LogP contribution < -0.4 is 5.32 Å². The Balaban J connectivity index is 1.90. The van der Waals surface area contributed by atoms with Gasteiger partial charge in [0.05, 0.1) is 0 Å². The average molecular weight is 326 g/mol. The molecule has 0 aliphatic heterocycles. The maximum atomic E-state index is 3.66. The summed E-state index contributed by atoms with van der Waals surface area (Å²) in [7, 11) is 2.01. The highest BCUT2D eigenvalue weighted by Crippen LogP contribution is 2.41. The van der Waals surface area contributed by atoms with Crippen LogP contribution in [0.3, 0.4) is 0 Å². The fraction of sp³-hybridized carbons (Fsp3) is 0.217. The number of aromatic amines is 1. The van der Waals surface area contributed by atoms with Crippen molar-refractivity contribution in [3.8, 4) is 11.1 Å². The van der Waals surface area contributed by atoms with E-state index in [4.69, 9.17) is 0 Å². The Hall–Kier alpha value is -2.74. The molecule has 4 aromatic rings. The Morgan fingerprint density at radius 1 is 0.800 bits per heavy atom. The molecule has 0 amide bonds. The lowest BCUT2D eigenvalue weighted by atomic mass is 9.83. The van der Waals surface area contributed by atoms with Gasteiger partial charge in [0.15, 0.2) is 0 Å². The van der Waals surface area contributed by atoms with Crippen molar-refractivity contribution in [2.75, 3.05) is 12.4 Å². The van der Waals surface area contributed by atoms with Crippen molar-refractivity contribution in [1.82, 2.24) is 4.98 Å². The summed E-state index contributed by atoms with van der Waals surface area (Å²) >= 11 is 0. The highest BCUT2D eigenvalue weighted by Gasteiger charge is 2.21. The van der Waals surface area contributed by atoms with E-state index < -0.39 is 0 Å². The predicted molar refractivity (Wildman–Crippen MR) is 107 cm³/mol. The molecule has 124 valence electrons. The molecule has 2 nitrogen and oxygen atoms in total. The maximum absolute atomic E-state index is 3.66. The van der Waals surface area contributed by atoms with E-state index in [9.17, 15) is 0 Å². The normalized spacial score (nSPS) is 14.0. The highest BCUT2D eigenvalue weighted by atomic mass is 14.8. The molecule has 0 radical (unpaired) electrons. The fourth-order valence-corrected chi connectivity index (χ4v) is 4.48. The smallest absolute Gasteiger partial charge is 0.0474 e. The molecule has 3 aromatic carbocycles. The van der Waals surface area contributed by atoms with Gasteiger partial charge in [-0.2, -0.15) is 0 Å². The number of aromatic nitrogens is 1. The third kappa shape index (κ3) is 2.17. The molecule has 0 spiro atoms. The van der Waals surface area contributed by atoms with Gasteiger partial charge in [-0.3, -0.25) is 0 Å². The minimum Gasteiger partial charge on any atom is -0.388 e. The zero-order valence-corrected chi connectivity index (χ0v) is 14.5. The molecular weight excluding hydrogens is 304 g/mol. The van der Waals surface area contributed by atoms with Crippen LogP contribution in [0.15, 0.2) is 54.6 Å². The standard InChI is InChI=1S/C23H22N2/c1-24-20-12-6-4-9-16(20)19-14-22-23(17-10-3-2-8-15(17)19)18-11-5-7-13-21(18)25-22/h4-7,9,11-14,24-25H,2-3,8,10H2,1H3. The van der Waals surface area contributed by atoms with Gasteiger partial charge in [-0.25, -0.2) is 0 Å². The Kier molecular flexibility index (Phi) is 3.30. The molecule has 1 aromatic heterocycles. The van der Waals surface area contributed by atoms with Gasteiger partial charge in [0.2, 0.25) is 0 Å². The fourth-order valence-electron chi connectivity index (χ4n) is 4.48. The molecule has 25 heavy (non-hydrogen) atoms. The van der Waals surface area contributed by atoms with E-state index in [2.05, 4.69) is 64.9 Å². The molecule has 2 N–H and O–H groups in total. The number of anilines is 1. The molecule has 0 saturated carbocycles. The van der Waals surface area contributed by atoms with Crippen molar-refractivity contribution < 1.29 is 0 Å². The number of aryl methyl sites for hydroxylation is 1. The number of hydrogen-bond donors (Lipinski definition) is 2. The van der Waals surface area contributed by atoms with Gasteiger partial charge in [0.25, 0.3) is 0 Å². The Morgan fingerprint density at radius 3 is 2.44 bits per heavy atom. The largest absolute Gasteiger partial charge is 0.388 e. The van der Waals surface area contributed by atoms with Crippen molar-refractivity contribution in [3.63, 3.8) is 0 Å². The van der Waals surface area contributed by atoms with Crippen LogP contribution in [0.1, 0.15) is 24.0 Å². The molecule has 1 heterocycles. The highest BCUT2D eigenvalue weighted by molar-refractivity contribution is 6.11. The van der Waals surface area contributed by atoms with E-state index in [1.165, 1.54) is 64.3 Å². The minimum atomic E-state index is 1.18. The lowest BCUT2D eigenvalue weighted by molar-refractivity contribution is 0.691. The third-order valence-corrected chi connectivity index (χ3v) is 5.61. The first-order chi connectivity index (χ1) is 12.4. The maximum Gasteiger partial charge on any atom is 0.0474 e. The van der Waals surface area contributed by atoms with E-state index in [0.717, 1.165) is 0 Å². The topological polar surface area (TPSA) is 27.8 Å². The predicted octanol–water partition coefficient (Wildman–Crippen LogP) is 5.91. The number of rotatable bonds is 2. The molecule has 5 rings (SSSR count). The molecule has 0 atom stereocenters. The van der Waals surface area contributed by atoms with Gasteiger partial charge in [-0.05, 0) is 60.6 Å². The molecular formula is C23H22N2. The van der Waals surface area contributed by atoms with Crippen LogP contribution in [-0.2, 0) is 12.8 Å². The summed E-state index contributed by atoms with van der Waals surface area (Å²) < 4.78 is 0. The van der Waals surface area contributed by atoms with Gasteiger partial charge >= 0.3 is 0 Å². The summed E-state index contributed by atoms with van der Waals surface area (Å²) in [6.45, 7) is 0. The third-order valence-electron chi connectivity index (χ3n) is 5.61. The lowest BCUT2D eigenvalue weighted by Gasteiger charge is -2.22. The summed E-state index contributed by atoms with van der Waals surface area (Å²) in [5.74, 6) is 0. The summed E-state index contributed by atoms with van der Waals surface area (Å²) in [4.78, 5) is 3.66. The number of nitrogens with one attached hydrogen (secondary N) is 2. The zero-order valence-electron chi connectivity index (χ0n) is 14.5. The van der Waals surface area contributed by atoms with Gasteiger partial charge < -0.3 is 10.3 Å². The van der Waals surface area contributed by atoms with Crippen LogP contribution in [0.2, 0.25) is 0 Å². The summed E-state index contributed by atoms with van der Waals surface area (Å²) in [5.41, 5.74) is 9.51. The van der Waals surface area contributed by atoms with Crippen molar-refractivity contribution >= 4 is 27.5 Å². The summed E-state index contributed by atoms with van der Waals surface area (Å²) in [5, 5.41) is 6.17. The molecule has 0 bridgehead atoms. The van der Waals surface area contributed by atoms with E-state index in [0.29, 0.717) is 0 Å². The average Bonchev–Trinajstić information content (AvgIpc) is 3.06. The van der Waals surface area contributed by atoms with Crippen LogP contribution in [0.5, 0.6) is 0 Å². The van der Waals surface area contributed by atoms with Gasteiger partial charge in [0.1, 0.15) is 0 Å². The molecule has 1 aliphatic carbocycles. The van der Waals surface area contributed by atoms with Crippen LogP contribution in [0.4, 0.5) is 5.69 Å². The van der Waals surface area contributed by atoms with Gasteiger partial charge in [-0.15, -0.1) is 0 Å². The monoisotopic (exact) mass is 326 g/mol. The second-order valence-electron chi connectivity index (χ2n) is 6.98. The SMILES string of the molecule is CNc1ccccc1-c1cc2[nH]c3ccccc3c2c2c1CCCC2. The van der Waals surface area contributed by atoms with Crippen LogP contribution >= 0.6 is 0 Å². The van der Waals surface area contributed by atoms with Crippen LogP contribution in [0, 0.1) is 0 Å². The van der Waals surface area contributed by atoms with Gasteiger partial charge in [-0.1, -0.05) is 36.4 Å². The van der Waals surface area contributed by atoms with E-state index in [-0.39, 0.29) is 0 Å². The molecule has 0 saturated heterocycles. The minimum absolute atomic E-state index is 1.18. The van der Waals surface area contributed by atoms with Crippen LogP contribution in [-0.4, -0.2) is 12.0 Å². The second-order valence-corrected chi connectivity index (χ2v) is 6.98. The Labute approximate surface area is 147 Å². The summed E-state index contributed by atoms with van der Waals surface area (Å²) in [6.07, 6.45) is 4.94. The quantitative estimate of drug-likeness (QED) is 0.471. The number of hydrogen-bond acceptors (Lipinski definition) is 1. The molecule has 2 heteroatoms. The van der Waals surface area contributed by atoms with E-state index in [1.807, 2.05) is 7.05 Å². The van der Waals surface area contributed by atoms with Crippen molar-refractivity contribution in [3.05, 3.63) is 65.7 Å². The van der Waals surface area contributed by atoms with E-state index in [1.54, 1.807) is 11.1 Å². The first kappa shape index (κ1) is 14.6. The first-order valence-electron chi connectivity index (χ1n) is 9.19. The Bertz CT molecular complexity index is 1090. The molecule has 1 aliphatic rings. The van der Waals surface area contributed by atoms with Crippen LogP contribution in [0.25, 0.3) is 32.9 Å². The van der Waals surface area contributed by atoms with Crippen molar-refractivity contribution in [1.29, 1.82) is 0 Å². The van der Waals surface area contributed by atoms with E-state index >= 15 is 0 Å². The second kappa shape index (κ2) is 5.66. The number of fused-ring (bicyclic) bond motifs is 5. The van der Waals surface area contributed by atoms with Crippen molar-refractivity contribution in [2.24, 2.45) is 0 Å². The first-order valence-corrected chi connectivity index (χ1v) is 9.19. The lowest BCUT2D eigenvalue weighted by Crippen LogP contribution is -2.06. The van der Waals surface area contributed by atoms with Gasteiger partial charge in [0, 0.05) is 40.1 Å². The molecule has 0 unspecified atom stereocenters. The number of para-hydroxylation sites is 2. The summed E-state index contributed by atoms with van der Waals surface area (Å²) in [6, 6.07) is 19.7. The zero-order chi connectivity index (χ0) is 16.8.